The number of nitrogens with one attached hydrogen (secondary N) is 1. The van der Waals surface area contributed by atoms with E-state index in [1.54, 1.807) is 7.05 Å². The van der Waals surface area contributed by atoms with Gasteiger partial charge in [0, 0.05) is 26.7 Å². The van der Waals surface area contributed by atoms with Gasteiger partial charge in [0.05, 0.1) is 13.2 Å². The number of nitrogens with zero attached hydrogens (tertiary/aromatic N) is 4. The molecule has 2 rings (SSSR count). The first-order chi connectivity index (χ1) is 8.22. The van der Waals surface area contributed by atoms with E-state index >= 15 is 0 Å². The summed E-state index contributed by atoms with van der Waals surface area (Å²) < 4.78 is 6.67. The molecular formula is C10H17N5O2. The lowest BCUT2D eigenvalue weighted by Gasteiger charge is -2.26. The number of aromatic nitrogens is 3. The molecule has 0 atom stereocenters. The molecule has 17 heavy (non-hydrogen) atoms. The second-order valence-electron chi connectivity index (χ2n) is 3.82. The van der Waals surface area contributed by atoms with E-state index in [9.17, 15) is 4.79 Å². The molecule has 1 aromatic heterocycles. The molecule has 7 nitrogen and oxygen atoms in total. The fraction of sp³-hybridized carbons (Fsp3) is 0.700. The summed E-state index contributed by atoms with van der Waals surface area (Å²) in [7, 11) is 1.66. The van der Waals surface area contributed by atoms with Gasteiger partial charge in [-0.25, -0.2) is 4.79 Å². The van der Waals surface area contributed by atoms with Crippen LogP contribution in [0.4, 0.5) is 11.9 Å². The molecule has 0 unspecified atom stereocenters. The lowest BCUT2D eigenvalue weighted by molar-refractivity contribution is 0.122. The topological polar surface area (TPSA) is 72.3 Å². The molecule has 0 aliphatic carbocycles. The lowest BCUT2D eigenvalue weighted by Crippen LogP contribution is -2.39. The van der Waals surface area contributed by atoms with Gasteiger partial charge in [0.2, 0.25) is 11.9 Å². The fourth-order valence-corrected chi connectivity index (χ4v) is 1.67. The summed E-state index contributed by atoms with van der Waals surface area (Å²) in [5, 5.41) is 3.05. The molecule has 94 valence electrons. The van der Waals surface area contributed by atoms with Crippen molar-refractivity contribution >= 4 is 11.9 Å². The van der Waals surface area contributed by atoms with Crippen LogP contribution >= 0.6 is 0 Å². The van der Waals surface area contributed by atoms with Crippen molar-refractivity contribution in [3.05, 3.63) is 10.5 Å². The fourth-order valence-electron chi connectivity index (χ4n) is 1.67. The highest BCUT2D eigenvalue weighted by Crippen LogP contribution is 2.09. The van der Waals surface area contributed by atoms with Crippen molar-refractivity contribution in [2.75, 3.05) is 43.1 Å². The Kier molecular flexibility index (Phi) is 3.58. The van der Waals surface area contributed by atoms with Crippen LogP contribution in [-0.4, -0.2) is 47.4 Å². The molecule has 1 saturated heterocycles. The van der Waals surface area contributed by atoms with Crippen molar-refractivity contribution in [2.24, 2.45) is 7.05 Å². The first-order valence-corrected chi connectivity index (χ1v) is 5.74. The van der Waals surface area contributed by atoms with Gasteiger partial charge < -0.3 is 15.0 Å². The minimum atomic E-state index is -0.294. The maximum absolute atomic E-state index is 11.7. The zero-order valence-electron chi connectivity index (χ0n) is 10.1. The number of hydrogen-bond donors (Lipinski definition) is 1. The van der Waals surface area contributed by atoms with Gasteiger partial charge in [0.25, 0.3) is 0 Å². The van der Waals surface area contributed by atoms with E-state index in [2.05, 4.69) is 15.3 Å². The third-order valence-corrected chi connectivity index (χ3v) is 2.63. The van der Waals surface area contributed by atoms with Crippen molar-refractivity contribution in [2.45, 2.75) is 6.92 Å². The van der Waals surface area contributed by atoms with Crippen molar-refractivity contribution in [1.29, 1.82) is 0 Å². The summed E-state index contributed by atoms with van der Waals surface area (Å²) in [5.74, 6) is 1.03. The third-order valence-electron chi connectivity index (χ3n) is 2.63. The maximum Gasteiger partial charge on any atom is 0.353 e. The number of rotatable bonds is 3. The van der Waals surface area contributed by atoms with Gasteiger partial charge >= 0.3 is 5.69 Å². The molecule has 1 fully saturated rings. The minimum Gasteiger partial charge on any atom is -0.378 e. The Morgan fingerprint density at radius 3 is 2.71 bits per heavy atom. The molecule has 0 saturated carbocycles. The third kappa shape index (κ3) is 2.55. The van der Waals surface area contributed by atoms with Gasteiger partial charge in [-0.1, -0.05) is 0 Å². The zero-order chi connectivity index (χ0) is 12.3. The average Bonchev–Trinajstić information content (AvgIpc) is 2.36. The van der Waals surface area contributed by atoms with Crippen LogP contribution < -0.4 is 15.9 Å². The van der Waals surface area contributed by atoms with Crippen LogP contribution in [0.15, 0.2) is 4.79 Å². The normalized spacial score (nSPS) is 16.0. The van der Waals surface area contributed by atoms with Crippen molar-refractivity contribution < 1.29 is 4.74 Å². The SMILES string of the molecule is CCNc1nc(N2CCOCC2)nc(=O)n1C. The second-order valence-corrected chi connectivity index (χ2v) is 3.82. The summed E-state index contributed by atoms with van der Waals surface area (Å²) in [6, 6.07) is 0. The second kappa shape index (κ2) is 5.13. The molecule has 1 aliphatic heterocycles. The standard InChI is InChI=1S/C10H17N5O2/c1-3-11-8-12-9(13-10(16)14(8)2)15-4-6-17-7-5-15/h3-7H2,1-2H3,(H,11,12,13,16). The molecule has 1 N–H and O–H groups in total. The number of anilines is 2. The number of ether oxygens (including phenoxy) is 1. The smallest absolute Gasteiger partial charge is 0.353 e. The summed E-state index contributed by atoms with van der Waals surface area (Å²) >= 11 is 0. The zero-order valence-corrected chi connectivity index (χ0v) is 10.1. The molecule has 1 aliphatic rings. The van der Waals surface area contributed by atoms with E-state index in [1.807, 2.05) is 11.8 Å². The van der Waals surface area contributed by atoms with Crippen LogP contribution in [-0.2, 0) is 11.8 Å². The predicted molar refractivity (Wildman–Crippen MR) is 64.5 cm³/mol. The van der Waals surface area contributed by atoms with Crippen molar-refractivity contribution in [3.63, 3.8) is 0 Å². The number of hydrogen-bond acceptors (Lipinski definition) is 6. The number of morpholine rings is 1. The van der Waals surface area contributed by atoms with E-state index in [4.69, 9.17) is 4.74 Å². The van der Waals surface area contributed by atoms with Gasteiger partial charge in [-0.15, -0.1) is 0 Å². The van der Waals surface area contributed by atoms with Crippen LogP contribution in [0.1, 0.15) is 6.92 Å². The summed E-state index contributed by atoms with van der Waals surface area (Å²) in [5.41, 5.74) is -0.294. The van der Waals surface area contributed by atoms with Gasteiger partial charge in [-0.3, -0.25) is 4.57 Å². The maximum atomic E-state index is 11.7. The summed E-state index contributed by atoms with van der Waals surface area (Å²) in [6.07, 6.45) is 0. The summed E-state index contributed by atoms with van der Waals surface area (Å²) in [6.45, 7) is 5.41. The highest BCUT2D eigenvalue weighted by Gasteiger charge is 2.16. The van der Waals surface area contributed by atoms with E-state index < -0.39 is 0 Å². The van der Waals surface area contributed by atoms with Gasteiger partial charge in [-0.2, -0.15) is 9.97 Å². The first-order valence-electron chi connectivity index (χ1n) is 5.74. The Bertz CT molecular complexity index is 439. The molecule has 7 heteroatoms. The molecular weight excluding hydrogens is 222 g/mol. The van der Waals surface area contributed by atoms with E-state index in [0.29, 0.717) is 31.7 Å². The van der Waals surface area contributed by atoms with Crippen LogP contribution in [0.25, 0.3) is 0 Å². The largest absolute Gasteiger partial charge is 0.378 e. The van der Waals surface area contributed by atoms with Crippen molar-refractivity contribution in [3.8, 4) is 0 Å². The highest BCUT2D eigenvalue weighted by atomic mass is 16.5. The van der Waals surface area contributed by atoms with Crippen LogP contribution in [0, 0.1) is 0 Å². The van der Waals surface area contributed by atoms with Gasteiger partial charge in [0.1, 0.15) is 0 Å². The Labute approximate surface area is 99.4 Å². The molecule has 0 radical (unpaired) electrons. The van der Waals surface area contributed by atoms with Gasteiger partial charge in [-0.05, 0) is 6.92 Å². The Hall–Kier alpha value is -1.63. The first kappa shape index (κ1) is 11.8. The Morgan fingerprint density at radius 1 is 1.35 bits per heavy atom. The minimum absolute atomic E-state index is 0.294. The van der Waals surface area contributed by atoms with E-state index in [1.165, 1.54) is 4.57 Å². The quantitative estimate of drug-likeness (QED) is 0.762. The van der Waals surface area contributed by atoms with Crippen LogP contribution in [0.3, 0.4) is 0 Å². The predicted octanol–water partition coefficient (Wildman–Crippen LogP) is -0.556. The molecule has 2 heterocycles. The Balaban J connectivity index is 2.30. The van der Waals surface area contributed by atoms with E-state index in [0.717, 1.165) is 13.1 Å². The van der Waals surface area contributed by atoms with Crippen LogP contribution in [0.5, 0.6) is 0 Å². The molecule has 0 spiro atoms. The molecule has 1 aromatic rings. The van der Waals surface area contributed by atoms with Gasteiger partial charge in [0.15, 0.2) is 0 Å². The molecule has 0 bridgehead atoms. The van der Waals surface area contributed by atoms with E-state index in [-0.39, 0.29) is 5.69 Å². The van der Waals surface area contributed by atoms with Crippen molar-refractivity contribution in [1.82, 2.24) is 14.5 Å². The average molecular weight is 239 g/mol. The lowest BCUT2D eigenvalue weighted by atomic mass is 10.4. The van der Waals surface area contributed by atoms with Crippen LogP contribution in [0.2, 0.25) is 0 Å². The summed E-state index contributed by atoms with van der Waals surface area (Å²) in [4.78, 5) is 22.0. The Morgan fingerprint density at radius 2 is 2.06 bits per heavy atom. The monoisotopic (exact) mass is 239 g/mol. The highest BCUT2D eigenvalue weighted by molar-refractivity contribution is 5.36. The molecule has 0 aromatic carbocycles. The molecule has 0 amide bonds.